The van der Waals surface area contributed by atoms with Gasteiger partial charge >= 0.3 is 6.09 Å². The van der Waals surface area contributed by atoms with Crippen molar-refractivity contribution in [2.45, 2.75) is 91.5 Å². The molecule has 0 spiro atoms. The van der Waals surface area contributed by atoms with E-state index in [1.807, 2.05) is 45.9 Å². The number of rotatable bonds is 9. The summed E-state index contributed by atoms with van der Waals surface area (Å²) >= 11 is 0. The summed E-state index contributed by atoms with van der Waals surface area (Å²) in [5, 5.41) is 5.90. The van der Waals surface area contributed by atoms with Crippen molar-refractivity contribution >= 4 is 23.6 Å². The van der Waals surface area contributed by atoms with Crippen LogP contribution in [-0.4, -0.2) is 40.5 Å². The summed E-state index contributed by atoms with van der Waals surface area (Å²) in [5.74, 6) is 1.80. The van der Waals surface area contributed by atoms with Gasteiger partial charge in [-0.25, -0.2) is 4.79 Å². The summed E-state index contributed by atoms with van der Waals surface area (Å²) in [6, 6.07) is 11.1. The Morgan fingerprint density at radius 1 is 1.08 bits per heavy atom. The molecule has 0 saturated heterocycles. The monoisotopic (exact) mass is 531 g/mol. The van der Waals surface area contributed by atoms with Crippen LogP contribution < -0.4 is 10.6 Å². The maximum Gasteiger partial charge on any atom is 0.408 e. The molecule has 3 unspecified atom stereocenters. The number of nitrogens with zero attached hydrogens (tertiary/aromatic N) is 1. The first kappa shape index (κ1) is 29.8. The number of hydrogen-bond donors (Lipinski definition) is 2. The minimum Gasteiger partial charge on any atom is -0.444 e. The molecule has 3 atom stereocenters. The smallest absolute Gasteiger partial charge is 0.408 e. The van der Waals surface area contributed by atoms with Gasteiger partial charge < -0.3 is 20.3 Å². The van der Waals surface area contributed by atoms with Crippen LogP contribution in [0.25, 0.3) is 0 Å². The molecule has 7 nitrogen and oxygen atoms in total. The molecule has 208 valence electrons. The molecule has 1 fully saturated rings. The maximum atomic E-state index is 14.3. The van der Waals surface area contributed by atoms with E-state index in [0.717, 1.165) is 29.7 Å². The lowest BCUT2D eigenvalue weighted by molar-refractivity contribution is -0.142. The molecule has 7 heteroatoms. The van der Waals surface area contributed by atoms with Crippen molar-refractivity contribution in [1.82, 2.24) is 10.2 Å². The van der Waals surface area contributed by atoms with E-state index in [2.05, 4.69) is 16.6 Å². The third-order valence-corrected chi connectivity index (χ3v) is 6.99. The molecule has 3 amide bonds. The molecule has 0 radical (unpaired) electrons. The quantitative estimate of drug-likeness (QED) is 0.395. The number of nitrogens with one attached hydrogen (secondary N) is 2. The van der Waals surface area contributed by atoms with Gasteiger partial charge in [-0.2, -0.15) is 0 Å². The number of para-hydroxylation sites is 1. The van der Waals surface area contributed by atoms with Gasteiger partial charge in [0.05, 0.1) is 0 Å². The number of benzene rings is 2. The van der Waals surface area contributed by atoms with E-state index >= 15 is 0 Å². The fourth-order valence-corrected chi connectivity index (χ4v) is 4.55. The molecule has 39 heavy (non-hydrogen) atoms. The van der Waals surface area contributed by atoms with E-state index in [4.69, 9.17) is 11.2 Å². The third-order valence-electron chi connectivity index (χ3n) is 6.99. The first-order valence-corrected chi connectivity index (χ1v) is 13.6. The summed E-state index contributed by atoms with van der Waals surface area (Å²) < 4.78 is 5.47. The minimum atomic E-state index is -0.914. The number of aryl methyl sites for hydroxylation is 2. The SMILES string of the molecule is C#Cc1ccc(C(C(=O)Nc2c(C)cccc2C)N(C(=O)C(NC(=O)OC(C)(C)C)C(C)CC)C2CC2)cc1. The highest BCUT2D eigenvalue weighted by Gasteiger charge is 2.45. The molecule has 0 aliphatic heterocycles. The van der Waals surface area contributed by atoms with Crippen LogP contribution in [0.3, 0.4) is 0 Å². The van der Waals surface area contributed by atoms with Crippen LogP contribution >= 0.6 is 0 Å². The Morgan fingerprint density at radius 2 is 1.67 bits per heavy atom. The molecule has 1 saturated carbocycles. The van der Waals surface area contributed by atoms with Crippen LogP contribution in [0.1, 0.15) is 82.2 Å². The lowest BCUT2D eigenvalue weighted by Crippen LogP contribution is -2.55. The van der Waals surface area contributed by atoms with Gasteiger partial charge in [0, 0.05) is 17.3 Å². The zero-order valence-corrected chi connectivity index (χ0v) is 24.1. The van der Waals surface area contributed by atoms with Crippen molar-refractivity contribution in [2.75, 3.05) is 5.32 Å². The lowest BCUT2D eigenvalue weighted by atomic mass is 9.95. The molecule has 0 bridgehead atoms. The Morgan fingerprint density at radius 3 is 2.15 bits per heavy atom. The fourth-order valence-electron chi connectivity index (χ4n) is 4.55. The molecular weight excluding hydrogens is 490 g/mol. The zero-order chi connectivity index (χ0) is 28.9. The number of terminal acetylenes is 1. The van der Waals surface area contributed by atoms with Crippen molar-refractivity contribution in [3.8, 4) is 12.3 Å². The van der Waals surface area contributed by atoms with Gasteiger partial charge in [0.2, 0.25) is 5.91 Å². The summed E-state index contributed by atoms with van der Waals surface area (Å²) in [7, 11) is 0. The predicted octanol–water partition coefficient (Wildman–Crippen LogP) is 5.89. The van der Waals surface area contributed by atoms with Crippen molar-refractivity contribution in [2.24, 2.45) is 5.92 Å². The number of ether oxygens (including phenoxy) is 1. The zero-order valence-electron chi connectivity index (χ0n) is 24.1. The molecule has 0 aromatic heterocycles. The second-order valence-electron chi connectivity index (χ2n) is 11.4. The minimum absolute atomic E-state index is 0.120. The molecule has 1 aliphatic carbocycles. The molecule has 0 heterocycles. The summed E-state index contributed by atoms with van der Waals surface area (Å²) in [5.41, 5.74) is 3.20. The van der Waals surface area contributed by atoms with Crippen molar-refractivity contribution in [1.29, 1.82) is 0 Å². The molecule has 2 aromatic rings. The highest BCUT2D eigenvalue weighted by Crippen LogP contribution is 2.37. The van der Waals surface area contributed by atoms with Crippen LogP contribution in [0.2, 0.25) is 0 Å². The van der Waals surface area contributed by atoms with Gasteiger partial charge in [-0.3, -0.25) is 9.59 Å². The topological polar surface area (TPSA) is 87.7 Å². The molecule has 2 N–H and O–H groups in total. The molecule has 2 aromatic carbocycles. The second-order valence-corrected chi connectivity index (χ2v) is 11.4. The van der Waals surface area contributed by atoms with Crippen LogP contribution in [0.4, 0.5) is 10.5 Å². The number of alkyl carbamates (subject to hydrolysis) is 1. The van der Waals surface area contributed by atoms with Crippen LogP contribution in [0.15, 0.2) is 42.5 Å². The van der Waals surface area contributed by atoms with Gasteiger partial charge in [0.25, 0.3) is 5.91 Å². The highest BCUT2D eigenvalue weighted by atomic mass is 16.6. The first-order valence-electron chi connectivity index (χ1n) is 13.6. The summed E-state index contributed by atoms with van der Waals surface area (Å²) in [6.45, 7) is 13.1. The van der Waals surface area contributed by atoms with E-state index in [0.29, 0.717) is 17.5 Å². The van der Waals surface area contributed by atoms with Gasteiger partial charge in [-0.05, 0) is 82.2 Å². The van der Waals surface area contributed by atoms with Crippen LogP contribution in [0, 0.1) is 32.1 Å². The average molecular weight is 532 g/mol. The Hall–Kier alpha value is -3.79. The number of anilines is 1. The Labute approximate surface area is 232 Å². The highest BCUT2D eigenvalue weighted by molar-refractivity contribution is 6.00. The number of carbonyl (C=O) groups is 3. The molecular formula is C32H41N3O4. The molecule has 1 aliphatic rings. The second kappa shape index (κ2) is 12.4. The maximum absolute atomic E-state index is 14.3. The van der Waals surface area contributed by atoms with E-state index in [-0.39, 0.29) is 23.8 Å². The third kappa shape index (κ3) is 7.63. The van der Waals surface area contributed by atoms with E-state index in [1.165, 1.54) is 0 Å². The summed E-state index contributed by atoms with van der Waals surface area (Å²) in [6.07, 6.45) is 7.12. The fraction of sp³-hybridized carbons (Fsp3) is 0.469. The normalized spacial score (nSPS) is 15.3. The largest absolute Gasteiger partial charge is 0.444 e. The summed E-state index contributed by atoms with van der Waals surface area (Å²) in [4.78, 5) is 42.8. The Bertz CT molecular complexity index is 1220. The number of hydrogen-bond acceptors (Lipinski definition) is 4. The van der Waals surface area contributed by atoms with Gasteiger partial charge in [0.15, 0.2) is 0 Å². The van der Waals surface area contributed by atoms with Crippen LogP contribution in [0.5, 0.6) is 0 Å². The Kier molecular flexibility index (Phi) is 9.45. The predicted molar refractivity (Wildman–Crippen MR) is 154 cm³/mol. The van der Waals surface area contributed by atoms with Crippen LogP contribution in [-0.2, 0) is 14.3 Å². The van der Waals surface area contributed by atoms with Gasteiger partial charge in [-0.1, -0.05) is 56.5 Å². The van der Waals surface area contributed by atoms with E-state index < -0.39 is 23.8 Å². The van der Waals surface area contributed by atoms with Crippen molar-refractivity contribution < 1.29 is 19.1 Å². The van der Waals surface area contributed by atoms with Gasteiger partial charge in [-0.15, -0.1) is 6.42 Å². The number of carbonyl (C=O) groups excluding carboxylic acids is 3. The van der Waals surface area contributed by atoms with Crippen molar-refractivity contribution in [3.05, 3.63) is 64.7 Å². The van der Waals surface area contributed by atoms with E-state index in [9.17, 15) is 14.4 Å². The van der Waals surface area contributed by atoms with Crippen molar-refractivity contribution in [3.63, 3.8) is 0 Å². The lowest BCUT2D eigenvalue weighted by Gasteiger charge is -2.36. The Balaban J connectivity index is 2.05. The average Bonchev–Trinajstić information content (AvgIpc) is 3.71. The molecule has 3 rings (SSSR count). The van der Waals surface area contributed by atoms with E-state index in [1.54, 1.807) is 49.9 Å². The standard InChI is InChI=1S/C32H41N3O4/c1-9-20(3)27(34-31(38)39-32(6,7)8)30(37)35(25-18-19-25)28(24-16-14-23(10-2)15-17-24)29(36)33-26-21(4)12-11-13-22(26)5/h2,11-17,20,25,27-28H,9,18-19H2,1,3-8H3,(H,33,36)(H,34,38). The first-order chi connectivity index (χ1) is 18.4. The van der Waals surface area contributed by atoms with Gasteiger partial charge in [0.1, 0.15) is 17.7 Å². The number of amides is 3.